The van der Waals surface area contributed by atoms with Crippen LogP contribution >= 0.6 is 0 Å². The van der Waals surface area contributed by atoms with E-state index in [1.165, 1.54) is 0 Å². The highest BCUT2D eigenvalue weighted by atomic mass is 16.7. The van der Waals surface area contributed by atoms with Crippen molar-refractivity contribution in [1.29, 1.82) is 0 Å². The summed E-state index contributed by atoms with van der Waals surface area (Å²) in [5, 5.41) is 0. The van der Waals surface area contributed by atoms with Gasteiger partial charge in [0.1, 0.15) is 0 Å². The molecule has 3 aliphatic heterocycles. The van der Waals surface area contributed by atoms with Crippen LogP contribution in [0.25, 0.3) is 0 Å². The summed E-state index contributed by atoms with van der Waals surface area (Å²) in [6.07, 6.45) is 0. The van der Waals surface area contributed by atoms with Gasteiger partial charge in [0.2, 0.25) is 0 Å². The van der Waals surface area contributed by atoms with Gasteiger partial charge < -0.3 is 18.6 Å². The van der Waals surface area contributed by atoms with Crippen LogP contribution in [0.1, 0.15) is 55.4 Å². The predicted molar refractivity (Wildman–Crippen MR) is 79.1 cm³/mol. The van der Waals surface area contributed by atoms with E-state index in [2.05, 4.69) is 55.4 Å². The van der Waals surface area contributed by atoms with Gasteiger partial charge in [0.15, 0.2) is 0 Å². The molecule has 4 bridgehead atoms. The molecule has 3 saturated heterocycles. The SMILES string of the molecule is CC1[C@H](C)C2(C)OB(OC2(C)C)B2OC(C)(C)C1(C)O2. The molecule has 0 spiro atoms. The van der Waals surface area contributed by atoms with Gasteiger partial charge in [-0.15, -0.1) is 0 Å². The molecule has 0 aromatic carbocycles. The van der Waals surface area contributed by atoms with E-state index in [-0.39, 0.29) is 34.2 Å². The van der Waals surface area contributed by atoms with Crippen molar-refractivity contribution in [1.82, 2.24) is 0 Å². The van der Waals surface area contributed by atoms with Crippen LogP contribution in [-0.2, 0) is 18.6 Å². The molecule has 0 saturated carbocycles. The standard InChI is InChI=1S/C14H26B2O4/c1-9-10(2)14(8)12(5,6)18-16(20-14)15-17-11(3,4)13(9,7)19-15/h9-10H,1-8H3/t9-,10?,13?,14?/m0/s1. The Morgan fingerprint density at radius 1 is 0.600 bits per heavy atom. The normalized spacial score (nSPS) is 49.2. The minimum absolute atomic E-state index is 0.287. The molecule has 3 unspecified atom stereocenters. The van der Waals surface area contributed by atoms with Crippen LogP contribution in [0.3, 0.4) is 0 Å². The Kier molecular flexibility index (Phi) is 2.85. The van der Waals surface area contributed by atoms with Crippen molar-refractivity contribution in [3.05, 3.63) is 0 Å². The Balaban J connectivity index is 2.11. The minimum Gasteiger partial charge on any atom is -0.405 e. The fourth-order valence-electron chi connectivity index (χ4n) is 4.12. The van der Waals surface area contributed by atoms with Gasteiger partial charge in [0, 0.05) is 0 Å². The summed E-state index contributed by atoms with van der Waals surface area (Å²) in [5.74, 6) is 0.573. The number of hydrogen-bond acceptors (Lipinski definition) is 4. The van der Waals surface area contributed by atoms with Crippen LogP contribution in [0.5, 0.6) is 0 Å². The molecule has 4 nitrogen and oxygen atoms in total. The van der Waals surface area contributed by atoms with Gasteiger partial charge in [-0.3, -0.25) is 0 Å². The first kappa shape index (κ1) is 14.9. The van der Waals surface area contributed by atoms with Crippen molar-refractivity contribution >= 4 is 14.0 Å². The molecule has 20 heavy (non-hydrogen) atoms. The van der Waals surface area contributed by atoms with Crippen LogP contribution in [0.15, 0.2) is 0 Å². The Morgan fingerprint density at radius 3 is 1.20 bits per heavy atom. The highest BCUT2D eigenvalue weighted by Crippen LogP contribution is 2.55. The third kappa shape index (κ3) is 1.54. The average molecular weight is 280 g/mol. The first-order chi connectivity index (χ1) is 8.95. The highest BCUT2D eigenvalue weighted by molar-refractivity contribution is 7.11. The lowest BCUT2D eigenvalue weighted by atomic mass is 9.48. The van der Waals surface area contributed by atoms with Crippen LogP contribution in [0, 0.1) is 11.8 Å². The van der Waals surface area contributed by atoms with Crippen LogP contribution in [0.2, 0.25) is 0 Å². The van der Waals surface area contributed by atoms with Crippen molar-refractivity contribution in [3.63, 3.8) is 0 Å². The fourth-order valence-corrected chi connectivity index (χ4v) is 4.12. The maximum absolute atomic E-state index is 6.28. The second-order valence-electron chi connectivity index (χ2n) is 8.02. The molecule has 0 radical (unpaired) electrons. The average Bonchev–Trinajstić information content (AvgIpc) is 2.71. The molecular formula is C14H26B2O4. The van der Waals surface area contributed by atoms with Crippen molar-refractivity contribution < 1.29 is 18.6 Å². The molecule has 0 aromatic heterocycles. The number of hydrogen-bond donors (Lipinski definition) is 0. The second-order valence-corrected chi connectivity index (χ2v) is 8.02. The maximum Gasteiger partial charge on any atom is 0.489 e. The van der Waals surface area contributed by atoms with Crippen LogP contribution in [0.4, 0.5) is 0 Å². The van der Waals surface area contributed by atoms with Gasteiger partial charge in [-0.25, -0.2) is 0 Å². The summed E-state index contributed by atoms with van der Waals surface area (Å²) >= 11 is 0. The van der Waals surface area contributed by atoms with E-state index in [4.69, 9.17) is 18.6 Å². The van der Waals surface area contributed by atoms with E-state index < -0.39 is 14.0 Å². The van der Waals surface area contributed by atoms with Gasteiger partial charge in [0.05, 0.1) is 22.4 Å². The highest BCUT2D eigenvalue weighted by Gasteiger charge is 2.71. The molecule has 0 aliphatic carbocycles. The third-order valence-electron chi connectivity index (χ3n) is 6.64. The van der Waals surface area contributed by atoms with E-state index in [1.54, 1.807) is 0 Å². The number of fused-ring (bicyclic) bond motifs is 5. The van der Waals surface area contributed by atoms with Crippen molar-refractivity contribution in [2.45, 2.75) is 77.8 Å². The molecule has 3 heterocycles. The van der Waals surface area contributed by atoms with E-state index >= 15 is 0 Å². The molecule has 3 fully saturated rings. The molecular weight excluding hydrogens is 254 g/mol. The molecule has 0 N–H and O–H groups in total. The van der Waals surface area contributed by atoms with Crippen LogP contribution < -0.4 is 0 Å². The van der Waals surface area contributed by atoms with E-state index in [1.807, 2.05) is 0 Å². The lowest BCUT2D eigenvalue weighted by molar-refractivity contribution is -0.124. The molecule has 4 atom stereocenters. The molecule has 6 heteroatoms. The Bertz CT molecular complexity index is 401. The van der Waals surface area contributed by atoms with Gasteiger partial charge in [-0.05, 0) is 53.4 Å². The first-order valence-corrected chi connectivity index (χ1v) is 7.66. The maximum atomic E-state index is 6.28. The lowest BCUT2D eigenvalue weighted by Crippen LogP contribution is -2.59. The zero-order valence-corrected chi connectivity index (χ0v) is 13.9. The number of rotatable bonds is 0. The minimum atomic E-state index is -0.453. The van der Waals surface area contributed by atoms with Gasteiger partial charge in [0.25, 0.3) is 0 Å². The molecule has 0 amide bonds. The van der Waals surface area contributed by atoms with E-state index in [9.17, 15) is 0 Å². The summed E-state index contributed by atoms with van der Waals surface area (Å²) in [4.78, 5) is 0. The van der Waals surface area contributed by atoms with Gasteiger partial charge >= 0.3 is 14.0 Å². The topological polar surface area (TPSA) is 36.9 Å². The first-order valence-electron chi connectivity index (χ1n) is 7.66. The second kappa shape index (κ2) is 3.83. The Morgan fingerprint density at radius 2 is 0.900 bits per heavy atom. The predicted octanol–water partition coefficient (Wildman–Crippen LogP) is 2.50. The van der Waals surface area contributed by atoms with Crippen molar-refractivity contribution in [2.24, 2.45) is 11.8 Å². The Hall–Kier alpha value is -0.0301. The third-order valence-corrected chi connectivity index (χ3v) is 6.64. The van der Waals surface area contributed by atoms with Crippen LogP contribution in [-0.4, -0.2) is 36.4 Å². The summed E-state index contributed by atoms with van der Waals surface area (Å²) in [6.45, 7) is 17.2. The summed E-state index contributed by atoms with van der Waals surface area (Å²) in [7, 11) is -0.905. The van der Waals surface area contributed by atoms with Gasteiger partial charge in [-0.1, -0.05) is 13.8 Å². The van der Waals surface area contributed by atoms with E-state index in [0.29, 0.717) is 0 Å². The summed E-state index contributed by atoms with van der Waals surface area (Å²) in [6, 6.07) is 0. The zero-order chi connectivity index (χ0) is 15.1. The molecule has 3 aliphatic rings. The fraction of sp³-hybridized carbons (Fsp3) is 1.00. The van der Waals surface area contributed by atoms with Gasteiger partial charge in [-0.2, -0.15) is 0 Å². The molecule has 112 valence electrons. The summed E-state index contributed by atoms with van der Waals surface area (Å²) in [5.41, 5.74) is -1.40. The molecule has 0 aromatic rings. The lowest BCUT2D eigenvalue weighted by Gasteiger charge is -2.50. The van der Waals surface area contributed by atoms with Crippen molar-refractivity contribution in [3.8, 4) is 0 Å². The van der Waals surface area contributed by atoms with E-state index in [0.717, 1.165) is 0 Å². The smallest absolute Gasteiger partial charge is 0.405 e. The molecule has 3 rings (SSSR count). The Labute approximate surface area is 123 Å². The quantitative estimate of drug-likeness (QED) is 0.639. The zero-order valence-electron chi connectivity index (χ0n) is 13.9. The summed E-state index contributed by atoms with van der Waals surface area (Å²) < 4.78 is 24.9. The van der Waals surface area contributed by atoms with Crippen molar-refractivity contribution in [2.75, 3.05) is 0 Å². The largest absolute Gasteiger partial charge is 0.489 e. The monoisotopic (exact) mass is 280 g/mol.